The predicted octanol–water partition coefficient (Wildman–Crippen LogP) is 5.02. The molecule has 6 heteroatoms. The van der Waals surface area contributed by atoms with Crippen LogP contribution in [0.2, 0.25) is 0 Å². The number of nitrogens with zero attached hydrogens (tertiary/aromatic N) is 4. The minimum absolute atomic E-state index is 0.681. The molecule has 0 bridgehead atoms. The van der Waals surface area contributed by atoms with Crippen LogP contribution >= 0.6 is 11.3 Å². The zero-order valence-corrected chi connectivity index (χ0v) is 16.4. The van der Waals surface area contributed by atoms with Gasteiger partial charge in [-0.1, -0.05) is 18.2 Å². The summed E-state index contributed by atoms with van der Waals surface area (Å²) in [6, 6.07) is 16.2. The van der Waals surface area contributed by atoms with E-state index in [9.17, 15) is 0 Å². The van der Waals surface area contributed by atoms with Gasteiger partial charge in [0.2, 0.25) is 0 Å². The van der Waals surface area contributed by atoms with Crippen LogP contribution in [0.1, 0.15) is 10.6 Å². The van der Waals surface area contributed by atoms with Gasteiger partial charge in [0.25, 0.3) is 0 Å². The summed E-state index contributed by atoms with van der Waals surface area (Å²) in [7, 11) is 1.66. The van der Waals surface area contributed by atoms with E-state index in [-0.39, 0.29) is 0 Å². The third-order valence-electron chi connectivity index (χ3n) is 4.68. The van der Waals surface area contributed by atoms with E-state index in [1.54, 1.807) is 18.4 Å². The average Bonchev–Trinajstić information content (AvgIpc) is 3.30. The highest BCUT2D eigenvalue weighted by Gasteiger charge is 2.16. The lowest BCUT2D eigenvalue weighted by molar-refractivity contribution is 0.416. The van der Waals surface area contributed by atoms with Crippen molar-refractivity contribution in [3.8, 4) is 28.5 Å². The van der Waals surface area contributed by atoms with Gasteiger partial charge in [-0.3, -0.25) is 0 Å². The lowest BCUT2D eigenvalue weighted by Crippen LogP contribution is -2.00. The predicted molar refractivity (Wildman–Crippen MR) is 112 cm³/mol. The highest BCUT2D eigenvalue weighted by molar-refractivity contribution is 7.18. The van der Waals surface area contributed by atoms with Crippen molar-refractivity contribution in [2.75, 3.05) is 7.11 Å². The van der Waals surface area contributed by atoms with Crippen LogP contribution in [0.5, 0.6) is 5.75 Å². The van der Waals surface area contributed by atoms with Crippen LogP contribution < -0.4 is 4.74 Å². The van der Waals surface area contributed by atoms with Gasteiger partial charge in [-0.15, -0.1) is 11.3 Å². The molecule has 3 aromatic rings. The maximum absolute atomic E-state index is 5.44. The van der Waals surface area contributed by atoms with E-state index in [1.807, 2.05) is 42.7 Å². The number of imidazole rings is 1. The summed E-state index contributed by atoms with van der Waals surface area (Å²) < 4.78 is 8.77. The van der Waals surface area contributed by atoms with E-state index >= 15 is 0 Å². The number of methoxy groups -OCH3 is 1. The summed E-state index contributed by atoms with van der Waals surface area (Å²) in [5, 5.41) is 1.08. The van der Waals surface area contributed by atoms with Gasteiger partial charge in [0.1, 0.15) is 16.5 Å². The molecular weight excluding hydrogens is 368 g/mol. The molecule has 28 heavy (non-hydrogen) atoms. The Morgan fingerprint density at radius 3 is 2.75 bits per heavy atom. The minimum Gasteiger partial charge on any atom is -0.496 e. The summed E-state index contributed by atoms with van der Waals surface area (Å²) in [5.74, 6) is 1.45. The standard InChI is InChI=1S/C22H18N4OS/c1-14-7-8-17-20(11-14)28-21(23-17)13-26-10-9-16-18(12-26)25-22(24-16)15-5-3-4-6-19(15)27-2/h3-12H,13H2,1-2H3. The number of hydrogen-bond acceptors (Lipinski definition) is 5. The zero-order chi connectivity index (χ0) is 19.1. The topological polar surface area (TPSA) is 52.8 Å². The Bertz CT molecular complexity index is 1260. The summed E-state index contributed by atoms with van der Waals surface area (Å²) in [6.45, 7) is 2.82. The summed E-state index contributed by atoms with van der Waals surface area (Å²) in [6.07, 6.45) is 4.05. The third kappa shape index (κ3) is 3.01. The average molecular weight is 386 g/mol. The molecule has 2 aromatic carbocycles. The van der Waals surface area contributed by atoms with Gasteiger partial charge < -0.3 is 9.30 Å². The number of aryl methyl sites for hydroxylation is 1. The molecule has 0 saturated carbocycles. The van der Waals surface area contributed by atoms with Crippen molar-refractivity contribution >= 4 is 21.6 Å². The second-order valence-electron chi connectivity index (χ2n) is 6.71. The molecule has 0 amide bonds. The molecule has 0 fully saturated rings. The molecule has 0 radical (unpaired) electrons. The molecule has 0 aliphatic carbocycles. The van der Waals surface area contributed by atoms with Crippen molar-refractivity contribution < 1.29 is 4.74 Å². The van der Waals surface area contributed by atoms with Crippen molar-refractivity contribution in [2.45, 2.75) is 13.5 Å². The molecular formula is C22H18N4OS. The van der Waals surface area contributed by atoms with Gasteiger partial charge in [-0.2, -0.15) is 0 Å². The number of fused-ring (bicyclic) bond motifs is 2. The first-order valence-electron chi connectivity index (χ1n) is 9.02. The Labute approximate surface area is 166 Å². The van der Waals surface area contributed by atoms with Gasteiger partial charge in [-0.25, -0.2) is 15.0 Å². The van der Waals surface area contributed by atoms with Gasteiger partial charge in [-0.05, 0) is 42.8 Å². The summed E-state index contributed by atoms with van der Waals surface area (Å²) in [5.41, 5.74) is 4.94. The van der Waals surface area contributed by atoms with E-state index in [4.69, 9.17) is 14.7 Å². The van der Waals surface area contributed by atoms with Crippen LogP contribution in [0, 0.1) is 6.92 Å². The van der Waals surface area contributed by atoms with E-state index in [1.165, 1.54) is 10.3 Å². The summed E-state index contributed by atoms with van der Waals surface area (Å²) in [4.78, 5) is 14.1. The molecule has 138 valence electrons. The molecule has 0 spiro atoms. The number of rotatable bonds is 4. The van der Waals surface area contributed by atoms with Gasteiger partial charge in [0.05, 0.1) is 35.1 Å². The van der Waals surface area contributed by atoms with E-state index in [2.05, 4.69) is 34.7 Å². The van der Waals surface area contributed by atoms with E-state index in [0.717, 1.165) is 33.2 Å². The molecule has 1 aromatic heterocycles. The fourth-order valence-electron chi connectivity index (χ4n) is 3.30. The number of thiazole rings is 1. The molecule has 3 heterocycles. The van der Waals surface area contributed by atoms with Crippen molar-refractivity contribution in [3.05, 3.63) is 71.5 Å². The van der Waals surface area contributed by atoms with Crippen molar-refractivity contribution in [1.82, 2.24) is 19.5 Å². The van der Waals surface area contributed by atoms with Crippen LogP contribution in [-0.2, 0) is 6.54 Å². The second kappa shape index (κ2) is 6.73. The number of hydrogen-bond donors (Lipinski definition) is 0. The molecule has 0 N–H and O–H groups in total. The minimum atomic E-state index is 0.681. The van der Waals surface area contributed by atoms with Crippen LogP contribution in [0.4, 0.5) is 0 Å². The number of pyridine rings is 1. The third-order valence-corrected chi connectivity index (χ3v) is 5.68. The highest BCUT2D eigenvalue weighted by atomic mass is 32.1. The van der Waals surface area contributed by atoms with Crippen molar-refractivity contribution in [2.24, 2.45) is 0 Å². The lowest BCUT2D eigenvalue weighted by Gasteiger charge is -2.05. The molecule has 5 nitrogen and oxygen atoms in total. The largest absolute Gasteiger partial charge is 0.496 e. The normalized spacial score (nSPS) is 11.4. The first kappa shape index (κ1) is 16.9. The Morgan fingerprint density at radius 2 is 1.86 bits per heavy atom. The fraction of sp³-hybridized carbons (Fsp3) is 0.136. The molecule has 2 aliphatic heterocycles. The molecule has 0 unspecified atom stereocenters. The second-order valence-corrected chi connectivity index (χ2v) is 7.83. The van der Waals surface area contributed by atoms with Crippen LogP contribution in [0.15, 0.2) is 60.9 Å². The first-order chi connectivity index (χ1) is 13.7. The molecule has 2 aliphatic rings. The Balaban J connectivity index is 1.48. The monoisotopic (exact) mass is 386 g/mol. The fourth-order valence-corrected chi connectivity index (χ4v) is 4.38. The zero-order valence-electron chi connectivity index (χ0n) is 15.6. The number of ether oxygens (including phenoxy) is 1. The highest BCUT2D eigenvalue weighted by Crippen LogP contribution is 2.31. The van der Waals surface area contributed by atoms with Gasteiger partial charge in [0.15, 0.2) is 5.82 Å². The first-order valence-corrected chi connectivity index (χ1v) is 9.84. The van der Waals surface area contributed by atoms with E-state index < -0.39 is 0 Å². The van der Waals surface area contributed by atoms with Crippen LogP contribution in [-0.4, -0.2) is 26.6 Å². The van der Waals surface area contributed by atoms with Crippen molar-refractivity contribution in [1.29, 1.82) is 0 Å². The Morgan fingerprint density at radius 1 is 1.00 bits per heavy atom. The van der Waals surface area contributed by atoms with Crippen LogP contribution in [0.25, 0.3) is 33.0 Å². The number of para-hydroxylation sites is 1. The number of aromatic nitrogens is 4. The summed E-state index contributed by atoms with van der Waals surface area (Å²) >= 11 is 1.73. The lowest BCUT2D eigenvalue weighted by atomic mass is 10.2. The molecule has 5 rings (SSSR count). The molecule has 0 atom stereocenters. The van der Waals surface area contributed by atoms with Crippen molar-refractivity contribution in [3.63, 3.8) is 0 Å². The molecule has 0 saturated heterocycles. The van der Waals surface area contributed by atoms with E-state index in [0.29, 0.717) is 12.4 Å². The maximum Gasteiger partial charge on any atom is 0.164 e. The number of benzene rings is 2. The van der Waals surface area contributed by atoms with Crippen LogP contribution in [0.3, 0.4) is 0 Å². The SMILES string of the molecule is COc1ccccc1-c1nc2ccn(Cc3nc4ccc(C)cc4s3)cc-2n1. The van der Waals surface area contributed by atoms with Gasteiger partial charge in [0, 0.05) is 12.4 Å². The smallest absolute Gasteiger partial charge is 0.164 e. The Hall–Kier alpha value is -3.25. The van der Waals surface area contributed by atoms with Gasteiger partial charge >= 0.3 is 0 Å². The quantitative estimate of drug-likeness (QED) is 0.435. The maximum atomic E-state index is 5.44. The Kier molecular flexibility index (Phi) is 4.06.